The lowest BCUT2D eigenvalue weighted by molar-refractivity contribution is 0.0966. The van der Waals surface area contributed by atoms with E-state index in [4.69, 9.17) is 11.6 Å². The molecule has 2 aliphatic carbocycles. The van der Waals surface area contributed by atoms with E-state index in [1.807, 2.05) is 6.07 Å². The van der Waals surface area contributed by atoms with Crippen LogP contribution in [0.15, 0.2) is 65.2 Å². The second-order valence-corrected chi connectivity index (χ2v) is 7.27. The lowest BCUT2D eigenvalue weighted by Crippen LogP contribution is -2.27. The third-order valence-electron chi connectivity index (χ3n) is 5.50. The van der Waals surface area contributed by atoms with Crippen molar-refractivity contribution in [2.75, 3.05) is 0 Å². The first-order valence-electron chi connectivity index (χ1n) is 8.80. The lowest BCUT2D eigenvalue weighted by Gasteiger charge is -2.31. The third-order valence-corrected chi connectivity index (χ3v) is 5.88. The average Bonchev–Trinajstić information content (AvgIpc) is 2.68. The molecule has 2 aliphatic rings. The average molecular weight is 351 g/mol. The smallest absolute Gasteiger partial charge is 0.205 e. The molecule has 4 rings (SSSR count). The summed E-state index contributed by atoms with van der Waals surface area (Å²) >= 11 is 6.35. The fourth-order valence-electron chi connectivity index (χ4n) is 4.17. The number of benzene rings is 2. The predicted octanol–water partition coefficient (Wildman–Crippen LogP) is 5.53. The predicted molar refractivity (Wildman–Crippen MR) is 99.1 cm³/mol. The number of carbonyl (C=O) groups excluding carboxylic acids is 2. The Hall–Kier alpha value is -2.19. The molecule has 0 spiro atoms. The van der Waals surface area contributed by atoms with Gasteiger partial charge in [0.15, 0.2) is 5.78 Å². The van der Waals surface area contributed by atoms with Crippen molar-refractivity contribution in [3.05, 3.63) is 81.9 Å². The van der Waals surface area contributed by atoms with E-state index in [0.29, 0.717) is 22.6 Å². The van der Waals surface area contributed by atoms with Gasteiger partial charge in [-0.3, -0.25) is 9.59 Å². The number of Topliss-reactive ketones (excluding diaryl/α,β-unsaturated/α-hetero) is 2. The number of allylic oxidation sites excluding steroid dienone is 2. The van der Waals surface area contributed by atoms with E-state index in [1.165, 1.54) is 5.56 Å². The maximum atomic E-state index is 12.9. The van der Waals surface area contributed by atoms with E-state index in [9.17, 15) is 9.59 Å². The lowest BCUT2D eigenvalue weighted by atomic mass is 9.72. The molecule has 0 aliphatic heterocycles. The van der Waals surface area contributed by atoms with Crippen LogP contribution in [0, 0.1) is 5.92 Å². The van der Waals surface area contributed by atoms with Crippen LogP contribution in [0.1, 0.15) is 57.9 Å². The van der Waals surface area contributed by atoms with Gasteiger partial charge in [0.05, 0.1) is 5.03 Å². The molecule has 1 saturated carbocycles. The fourth-order valence-corrected chi connectivity index (χ4v) is 4.51. The van der Waals surface area contributed by atoms with E-state index < -0.39 is 0 Å². The van der Waals surface area contributed by atoms with Crippen molar-refractivity contribution in [1.82, 2.24) is 0 Å². The molecule has 1 fully saturated rings. The van der Waals surface area contributed by atoms with Crippen LogP contribution in [0.25, 0.3) is 0 Å². The summed E-state index contributed by atoms with van der Waals surface area (Å²) in [7, 11) is 0. The summed E-state index contributed by atoms with van der Waals surface area (Å²) in [6.07, 6.45) is 3.83. The van der Waals surface area contributed by atoms with Gasteiger partial charge in [-0.25, -0.2) is 0 Å². The Balaban J connectivity index is 1.58. The van der Waals surface area contributed by atoms with E-state index in [0.717, 1.165) is 25.7 Å². The standard InChI is InChI=1S/C22H19ClO2/c23-20-19(21(24)17-8-4-5-9-18(17)22(20)25)16-12-10-15(11-13-16)14-6-2-1-3-7-14/h1-9,15-16H,10-13H2. The second-order valence-electron chi connectivity index (χ2n) is 6.89. The number of fused-ring (bicyclic) bond motifs is 1. The molecule has 0 heterocycles. The number of hydrogen-bond acceptors (Lipinski definition) is 2. The van der Waals surface area contributed by atoms with Gasteiger partial charge in [0.2, 0.25) is 5.78 Å². The van der Waals surface area contributed by atoms with E-state index in [1.54, 1.807) is 24.3 Å². The van der Waals surface area contributed by atoms with E-state index in [2.05, 4.69) is 24.3 Å². The molecule has 0 radical (unpaired) electrons. The van der Waals surface area contributed by atoms with Crippen LogP contribution in [0.3, 0.4) is 0 Å². The zero-order valence-corrected chi connectivity index (χ0v) is 14.6. The molecule has 0 unspecified atom stereocenters. The van der Waals surface area contributed by atoms with Crippen LogP contribution in [-0.2, 0) is 0 Å². The van der Waals surface area contributed by atoms with Crippen LogP contribution in [-0.4, -0.2) is 11.6 Å². The fraction of sp³-hybridized carbons (Fsp3) is 0.273. The van der Waals surface area contributed by atoms with Crippen molar-refractivity contribution in [3.8, 4) is 0 Å². The monoisotopic (exact) mass is 350 g/mol. The first-order valence-corrected chi connectivity index (χ1v) is 9.17. The second kappa shape index (κ2) is 6.61. The number of halogens is 1. The molecule has 0 amide bonds. The van der Waals surface area contributed by atoms with Crippen molar-refractivity contribution in [2.24, 2.45) is 5.92 Å². The van der Waals surface area contributed by atoms with Crippen molar-refractivity contribution in [2.45, 2.75) is 31.6 Å². The highest BCUT2D eigenvalue weighted by Crippen LogP contribution is 2.42. The molecule has 3 heteroatoms. The van der Waals surface area contributed by atoms with Crippen molar-refractivity contribution < 1.29 is 9.59 Å². The Morgan fingerprint density at radius 2 is 1.20 bits per heavy atom. The van der Waals surface area contributed by atoms with Crippen LogP contribution >= 0.6 is 11.6 Å². The summed E-state index contributed by atoms with van der Waals surface area (Å²) in [6, 6.07) is 17.5. The van der Waals surface area contributed by atoms with Gasteiger partial charge < -0.3 is 0 Å². The highest BCUT2D eigenvalue weighted by atomic mass is 35.5. The molecule has 25 heavy (non-hydrogen) atoms. The summed E-state index contributed by atoms with van der Waals surface area (Å²) in [6.45, 7) is 0. The minimum atomic E-state index is -0.211. The quantitative estimate of drug-likeness (QED) is 0.713. The Bertz CT molecular complexity index is 859. The Morgan fingerprint density at radius 1 is 0.680 bits per heavy atom. The summed E-state index contributed by atoms with van der Waals surface area (Å²) in [5, 5.41) is 0.131. The molecule has 0 N–H and O–H groups in total. The zero-order chi connectivity index (χ0) is 17.4. The normalized spacial score (nSPS) is 23.6. The first-order chi connectivity index (χ1) is 12.2. The van der Waals surface area contributed by atoms with Crippen LogP contribution < -0.4 is 0 Å². The molecule has 0 saturated heterocycles. The van der Waals surface area contributed by atoms with Gasteiger partial charge in [0, 0.05) is 16.7 Å². The third kappa shape index (κ3) is 2.85. The van der Waals surface area contributed by atoms with Gasteiger partial charge in [-0.15, -0.1) is 0 Å². The van der Waals surface area contributed by atoms with Gasteiger partial charge >= 0.3 is 0 Å². The topological polar surface area (TPSA) is 34.1 Å². The van der Waals surface area contributed by atoms with Gasteiger partial charge in [-0.1, -0.05) is 66.2 Å². The molecular formula is C22H19ClO2. The molecule has 0 aromatic heterocycles. The zero-order valence-electron chi connectivity index (χ0n) is 13.9. The number of ketones is 2. The van der Waals surface area contributed by atoms with Crippen LogP contribution in [0.2, 0.25) is 0 Å². The van der Waals surface area contributed by atoms with Gasteiger partial charge in [-0.05, 0) is 43.1 Å². The van der Waals surface area contributed by atoms with E-state index in [-0.39, 0.29) is 22.5 Å². The molecule has 2 aromatic carbocycles. The van der Waals surface area contributed by atoms with Gasteiger partial charge in [0.1, 0.15) is 0 Å². The number of carbonyl (C=O) groups is 2. The summed E-state index contributed by atoms with van der Waals surface area (Å²) < 4.78 is 0. The molecule has 126 valence electrons. The molecule has 0 atom stereocenters. The Labute approximate surface area is 152 Å². The molecule has 0 bridgehead atoms. The maximum Gasteiger partial charge on any atom is 0.205 e. The molecular weight excluding hydrogens is 332 g/mol. The van der Waals surface area contributed by atoms with Crippen LogP contribution in [0.4, 0.5) is 0 Å². The first kappa shape index (κ1) is 16.3. The van der Waals surface area contributed by atoms with Gasteiger partial charge in [0.25, 0.3) is 0 Å². The van der Waals surface area contributed by atoms with Crippen molar-refractivity contribution in [1.29, 1.82) is 0 Å². The highest BCUT2D eigenvalue weighted by Gasteiger charge is 2.36. The molecule has 2 aromatic rings. The minimum absolute atomic E-state index is 0.0663. The van der Waals surface area contributed by atoms with E-state index >= 15 is 0 Å². The SMILES string of the molecule is O=C1C(Cl)=C(C2CCC(c3ccccc3)CC2)C(=O)c2ccccc21. The summed E-state index contributed by atoms with van der Waals surface area (Å²) in [5.74, 6) is 0.330. The Kier molecular flexibility index (Phi) is 4.30. The Morgan fingerprint density at radius 3 is 1.84 bits per heavy atom. The number of hydrogen-bond donors (Lipinski definition) is 0. The maximum absolute atomic E-state index is 12.9. The largest absolute Gasteiger partial charge is 0.289 e. The van der Waals surface area contributed by atoms with Crippen LogP contribution in [0.5, 0.6) is 0 Å². The van der Waals surface area contributed by atoms with Crippen molar-refractivity contribution >= 4 is 23.2 Å². The molecule has 2 nitrogen and oxygen atoms in total. The summed E-state index contributed by atoms with van der Waals surface area (Å²) in [5.41, 5.74) is 2.82. The number of rotatable bonds is 2. The van der Waals surface area contributed by atoms with Crippen molar-refractivity contribution in [3.63, 3.8) is 0 Å². The van der Waals surface area contributed by atoms with Gasteiger partial charge in [-0.2, -0.15) is 0 Å². The minimum Gasteiger partial charge on any atom is -0.289 e. The highest BCUT2D eigenvalue weighted by molar-refractivity contribution is 6.50. The summed E-state index contributed by atoms with van der Waals surface area (Å²) in [4.78, 5) is 25.5.